The Bertz CT molecular complexity index is 229. The van der Waals surface area contributed by atoms with Crippen LogP contribution in [0, 0.1) is 17.3 Å². The van der Waals surface area contributed by atoms with Crippen LogP contribution in [0.25, 0.3) is 0 Å². The minimum Gasteiger partial charge on any atom is -0.469 e. The van der Waals surface area contributed by atoms with Gasteiger partial charge in [-0.2, -0.15) is 0 Å². The molecule has 2 unspecified atom stereocenters. The van der Waals surface area contributed by atoms with Gasteiger partial charge in [-0.25, -0.2) is 0 Å². The van der Waals surface area contributed by atoms with E-state index >= 15 is 0 Å². The summed E-state index contributed by atoms with van der Waals surface area (Å²) < 4.78 is 4.93. The molecule has 0 spiro atoms. The van der Waals surface area contributed by atoms with Gasteiger partial charge >= 0.3 is 5.97 Å². The summed E-state index contributed by atoms with van der Waals surface area (Å²) in [4.78, 5) is 14.0. The summed E-state index contributed by atoms with van der Waals surface area (Å²) in [5.74, 6) is 0.0858. The van der Waals surface area contributed by atoms with Crippen LogP contribution < -0.4 is 0 Å². The third-order valence-electron chi connectivity index (χ3n) is 2.98. The van der Waals surface area contributed by atoms with Gasteiger partial charge in [0.25, 0.3) is 0 Å². The van der Waals surface area contributed by atoms with Crippen LogP contribution in [0.5, 0.6) is 0 Å². The highest BCUT2D eigenvalue weighted by Crippen LogP contribution is 2.33. The molecule has 0 N–H and O–H groups in total. The van der Waals surface area contributed by atoms with Gasteiger partial charge in [0.2, 0.25) is 0 Å². The van der Waals surface area contributed by atoms with Gasteiger partial charge in [0.15, 0.2) is 0 Å². The van der Waals surface area contributed by atoms with Crippen LogP contribution in [0.1, 0.15) is 34.6 Å². The van der Waals surface area contributed by atoms with Gasteiger partial charge in [0, 0.05) is 6.04 Å². The molecule has 0 saturated carbocycles. The average molecular weight is 229 g/mol. The van der Waals surface area contributed by atoms with Crippen molar-refractivity contribution in [1.82, 2.24) is 4.90 Å². The topological polar surface area (TPSA) is 29.5 Å². The van der Waals surface area contributed by atoms with Crippen LogP contribution in [0.3, 0.4) is 0 Å². The summed E-state index contributed by atoms with van der Waals surface area (Å²) in [5.41, 5.74) is 0.0482. The summed E-state index contributed by atoms with van der Waals surface area (Å²) >= 11 is 0. The SMILES string of the molecule is COC(=O)C(C(C)C)C(N(C)C)C(C)(C)C. The molecule has 0 aliphatic heterocycles. The number of carbonyl (C=O) groups is 1. The minimum absolute atomic E-state index is 0.0482. The summed E-state index contributed by atoms with van der Waals surface area (Å²) in [7, 11) is 5.51. The van der Waals surface area contributed by atoms with Crippen molar-refractivity contribution in [3.8, 4) is 0 Å². The maximum atomic E-state index is 11.9. The fourth-order valence-electron chi connectivity index (χ4n) is 2.54. The molecule has 0 bridgehead atoms. The number of hydrogen-bond acceptors (Lipinski definition) is 3. The molecule has 0 aromatic rings. The molecule has 96 valence electrons. The predicted octanol–water partition coefficient (Wildman–Crippen LogP) is 2.41. The molecule has 2 atom stereocenters. The second-order valence-electron chi connectivity index (χ2n) is 6.07. The molecule has 0 fully saturated rings. The fraction of sp³-hybridized carbons (Fsp3) is 0.923. The second-order valence-corrected chi connectivity index (χ2v) is 6.07. The second kappa shape index (κ2) is 5.67. The molecular formula is C13H27NO2. The van der Waals surface area contributed by atoms with Crippen LogP contribution >= 0.6 is 0 Å². The Hall–Kier alpha value is -0.570. The first-order valence-electron chi connectivity index (χ1n) is 5.87. The largest absolute Gasteiger partial charge is 0.469 e. The van der Waals surface area contributed by atoms with E-state index in [1.807, 2.05) is 14.1 Å². The van der Waals surface area contributed by atoms with E-state index in [2.05, 4.69) is 39.5 Å². The van der Waals surface area contributed by atoms with Crippen LogP contribution in [0.2, 0.25) is 0 Å². The van der Waals surface area contributed by atoms with E-state index in [4.69, 9.17) is 4.74 Å². The lowest BCUT2D eigenvalue weighted by atomic mass is 9.74. The molecule has 0 aromatic heterocycles. The Morgan fingerprint density at radius 1 is 1.19 bits per heavy atom. The number of carbonyl (C=O) groups excluding carboxylic acids is 1. The zero-order valence-electron chi connectivity index (χ0n) is 12.0. The maximum Gasteiger partial charge on any atom is 0.310 e. The molecule has 0 aromatic carbocycles. The maximum absolute atomic E-state index is 11.9. The number of esters is 1. The predicted molar refractivity (Wildman–Crippen MR) is 67.3 cm³/mol. The highest BCUT2D eigenvalue weighted by Gasteiger charge is 2.40. The summed E-state index contributed by atoms with van der Waals surface area (Å²) in [6.45, 7) is 10.6. The van der Waals surface area contributed by atoms with Crippen molar-refractivity contribution in [2.45, 2.75) is 40.7 Å². The number of rotatable bonds is 4. The Morgan fingerprint density at radius 2 is 1.62 bits per heavy atom. The summed E-state index contributed by atoms with van der Waals surface area (Å²) in [6.07, 6.45) is 0. The molecule has 3 heteroatoms. The Balaban J connectivity index is 5.20. The third-order valence-corrected chi connectivity index (χ3v) is 2.98. The van der Waals surface area contributed by atoms with Gasteiger partial charge in [-0.1, -0.05) is 34.6 Å². The molecule has 0 saturated heterocycles. The van der Waals surface area contributed by atoms with Crippen molar-refractivity contribution in [2.75, 3.05) is 21.2 Å². The van der Waals surface area contributed by atoms with E-state index in [-0.39, 0.29) is 29.3 Å². The van der Waals surface area contributed by atoms with E-state index in [1.54, 1.807) is 0 Å². The van der Waals surface area contributed by atoms with E-state index in [1.165, 1.54) is 7.11 Å². The molecule has 0 heterocycles. The standard InChI is InChI=1S/C13H27NO2/c1-9(2)10(12(15)16-8)11(14(6)7)13(3,4)5/h9-11H,1-8H3. The molecule has 0 amide bonds. The zero-order valence-corrected chi connectivity index (χ0v) is 12.0. The molecule has 0 aliphatic carbocycles. The molecule has 0 rings (SSSR count). The van der Waals surface area contributed by atoms with Gasteiger partial charge in [0.1, 0.15) is 0 Å². The van der Waals surface area contributed by atoms with Gasteiger partial charge in [-0.05, 0) is 25.4 Å². The van der Waals surface area contributed by atoms with E-state index in [0.29, 0.717) is 0 Å². The molecule has 3 nitrogen and oxygen atoms in total. The van der Waals surface area contributed by atoms with E-state index in [9.17, 15) is 4.79 Å². The van der Waals surface area contributed by atoms with Crippen molar-refractivity contribution < 1.29 is 9.53 Å². The Kier molecular flexibility index (Phi) is 5.47. The van der Waals surface area contributed by atoms with Crippen LogP contribution in [-0.4, -0.2) is 38.1 Å². The quantitative estimate of drug-likeness (QED) is 0.693. The normalized spacial score (nSPS) is 16.4. The van der Waals surface area contributed by atoms with Crippen LogP contribution in [0.4, 0.5) is 0 Å². The minimum atomic E-state index is -0.108. The first-order valence-corrected chi connectivity index (χ1v) is 5.87. The lowest BCUT2D eigenvalue weighted by Gasteiger charge is -2.41. The highest BCUT2D eigenvalue weighted by atomic mass is 16.5. The molecule has 0 aliphatic rings. The van der Waals surface area contributed by atoms with Gasteiger partial charge < -0.3 is 9.64 Å². The first-order chi connectivity index (χ1) is 7.12. The Labute approximate surface area is 100 Å². The third kappa shape index (κ3) is 3.78. The number of nitrogens with zero attached hydrogens (tertiary/aromatic N) is 1. The van der Waals surface area contributed by atoms with Crippen molar-refractivity contribution in [2.24, 2.45) is 17.3 Å². The van der Waals surface area contributed by atoms with Crippen LogP contribution in [-0.2, 0) is 9.53 Å². The van der Waals surface area contributed by atoms with Gasteiger partial charge in [-0.15, -0.1) is 0 Å². The molecule has 16 heavy (non-hydrogen) atoms. The van der Waals surface area contributed by atoms with E-state index < -0.39 is 0 Å². The summed E-state index contributed by atoms with van der Waals surface area (Å²) in [6, 6.07) is 0.181. The summed E-state index contributed by atoms with van der Waals surface area (Å²) in [5, 5.41) is 0. The van der Waals surface area contributed by atoms with Crippen molar-refractivity contribution in [3.63, 3.8) is 0 Å². The lowest BCUT2D eigenvalue weighted by Crippen LogP contribution is -2.50. The number of ether oxygens (including phenoxy) is 1. The lowest BCUT2D eigenvalue weighted by molar-refractivity contribution is -0.151. The van der Waals surface area contributed by atoms with E-state index in [0.717, 1.165) is 0 Å². The van der Waals surface area contributed by atoms with Crippen molar-refractivity contribution >= 4 is 5.97 Å². The number of methoxy groups -OCH3 is 1. The van der Waals surface area contributed by atoms with Crippen LogP contribution in [0.15, 0.2) is 0 Å². The number of hydrogen-bond donors (Lipinski definition) is 0. The highest BCUT2D eigenvalue weighted by molar-refractivity contribution is 5.73. The van der Waals surface area contributed by atoms with Crippen molar-refractivity contribution in [3.05, 3.63) is 0 Å². The zero-order chi connectivity index (χ0) is 13.1. The molecular weight excluding hydrogens is 202 g/mol. The smallest absolute Gasteiger partial charge is 0.310 e. The molecule has 0 radical (unpaired) electrons. The Morgan fingerprint density at radius 3 is 1.81 bits per heavy atom. The first kappa shape index (κ1) is 15.4. The average Bonchev–Trinajstić information content (AvgIpc) is 2.09. The fourth-order valence-corrected chi connectivity index (χ4v) is 2.54. The monoisotopic (exact) mass is 229 g/mol. The van der Waals surface area contributed by atoms with Gasteiger partial charge in [-0.3, -0.25) is 4.79 Å². The van der Waals surface area contributed by atoms with Crippen molar-refractivity contribution in [1.29, 1.82) is 0 Å². The van der Waals surface area contributed by atoms with Gasteiger partial charge in [0.05, 0.1) is 13.0 Å².